The van der Waals surface area contributed by atoms with Gasteiger partial charge in [-0.05, 0) is 43.0 Å². The van der Waals surface area contributed by atoms with Gasteiger partial charge in [-0.3, -0.25) is 5.43 Å². The molecular weight excluding hydrogens is 472 g/mol. The summed E-state index contributed by atoms with van der Waals surface area (Å²) in [5, 5.41) is 6.73. The van der Waals surface area contributed by atoms with Crippen LogP contribution in [-0.4, -0.2) is 51.2 Å². The number of sulfonamides is 1. The summed E-state index contributed by atoms with van der Waals surface area (Å²) in [4.78, 5) is 4.86. The number of methoxy groups -OCH3 is 2. The number of rotatable bonds is 8. The van der Waals surface area contributed by atoms with Gasteiger partial charge in [0.05, 0.1) is 31.0 Å². The SMILES string of the molecule is COc1ccc(C=NNc2nc(-c3cccc(S(=O)(=O)N4CCCC(C)C4)c3)cs2)c(OC)c1. The number of nitrogens with zero attached hydrogens (tertiary/aromatic N) is 3. The summed E-state index contributed by atoms with van der Waals surface area (Å²) < 4.78 is 38.5. The van der Waals surface area contributed by atoms with E-state index in [-0.39, 0.29) is 0 Å². The van der Waals surface area contributed by atoms with E-state index in [1.807, 2.05) is 23.6 Å². The van der Waals surface area contributed by atoms with Crippen LogP contribution in [0.3, 0.4) is 0 Å². The van der Waals surface area contributed by atoms with Gasteiger partial charge < -0.3 is 9.47 Å². The third-order valence-electron chi connectivity index (χ3n) is 5.70. The average Bonchev–Trinajstić information content (AvgIpc) is 3.33. The minimum atomic E-state index is -3.53. The smallest absolute Gasteiger partial charge is 0.243 e. The molecule has 1 aromatic heterocycles. The number of hydrogen-bond donors (Lipinski definition) is 1. The van der Waals surface area contributed by atoms with Crippen molar-refractivity contribution < 1.29 is 17.9 Å². The zero-order chi connectivity index (χ0) is 24.1. The molecule has 34 heavy (non-hydrogen) atoms. The second-order valence-corrected chi connectivity index (χ2v) is 11.0. The van der Waals surface area contributed by atoms with Crippen LogP contribution >= 0.6 is 11.3 Å². The van der Waals surface area contributed by atoms with Crippen LogP contribution in [0.15, 0.2) is 57.8 Å². The fourth-order valence-electron chi connectivity index (χ4n) is 3.87. The molecule has 0 saturated carbocycles. The fraction of sp³-hybridized carbons (Fsp3) is 0.333. The molecule has 180 valence electrons. The zero-order valence-corrected chi connectivity index (χ0v) is 21.0. The van der Waals surface area contributed by atoms with Crippen LogP contribution in [0.2, 0.25) is 0 Å². The van der Waals surface area contributed by atoms with Crippen LogP contribution in [0.4, 0.5) is 5.13 Å². The van der Waals surface area contributed by atoms with Gasteiger partial charge in [-0.25, -0.2) is 13.4 Å². The predicted octanol–water partition coefficient (Wildman–Crippen LogP) is 4.69. The van der Waals surface area contributed by atoms with Crippen molar-refractivity contribution in [3.05, 3.63) is 53.4 Å². The molecule has 3 aromatic rings. The van der Waals surface area contributed by atoms with E-state index < -0.39 is 10.0 Å². The number of thiazole rings is 1. The van der Waals surface area contributed by atoms with Gasteiger partial charge in [0.1, 0.15) is 11.5 Å². The van der Waals surface area contributed by atoms with Crippen molar-refractivity contribution in [2.45, 2.75) is 24.7 Å². The maximum Gasteiger partial charge on any atom is 0.243 e. The van der Waals surface area contributed by atoms with Gasteiger partial charge in [0.2, 0.25) is 15.2 Å². The summed E-state index contributed by atoms with van der Waals surface area (Å²) in [5.41, 5.74) is 5.15. The third-order valence-corrected chi connectivity index (χ3v) is 8.30. The average molecular weight is 501 g/mol. The summed E-state index contributed by atoms with van der Waals surface area (Å²) >= 11 is 1.39. The molecule has 0 spiro atoms. The first-order valence-corrected chi connectivity index (χ1v) is 13.3. The second-order valence-electron chi connectivity index (χ2n) is 8.15. The fourth-order valence-corrected chi connectivity index (χ4v) is 6.18. The lowest BCUT2D eigenvalue weighted by atomic mass is 10.0. The molecule has 0 amide bonds. The van der Waals surface area contributed by atoms with Gasteiger partial charge in [0.15, 0.2) is 0 Å². The van der Waals surface area contributed by atoms with Crippen molar-refractivity contribution in [1.82, 2.24) is 9.29 Å². The maximum absolute atomic E-state index is 13.1. The molecule has 4 rings (SSSR count). The number of benzene rings is 2. The molecule has 1 fully saturated rings. The number of anilines is 1. The van der Waals surface area contributed by atoms with Crippen molar-refractivity contribution in [2.24, 2.45) is 11.0 Å². The van der Waals surface area contributed by atoms with Crippen LogP contribution in [0.1, 0.15) is 25.3 Å². The molecule has 1 N–H and O–H groups in total. The number of ether oxygens (including phenoxy) is 2. The van der Waals surface area contributed by atoms with Crippen LogP contribution in [0, 0.1) is 5.92 Å². The Labute approximate surface area is 204 Å². The molecule has 0 bridgehead atoms. The van der Waals surface area contributed by atoms with E-state index in [1.54, 1.807) is 49.0 Å². The summed E-state index contributed by atoms with van der Waals surface area (Å²) in [5.74, 6) is 1.72. The Kier molecular flexibility index (Phi) is 7.50. The van der Waals surface area contributed by atoms with Crippen molar-refractivity contribution in [1.29, 1.82) is 0 Å². The van der Waals surface area contributed by atoms with E-state index in [4.69, 9.17) is 9.47 Å². The first kappa shape index (κ1) is 24.2. The molecule has 1 aliphatic heterocycles. The van der Waals surface area contributed by atoms with E-state index in [9.17, 15) is 8.42 Å². The predicted molar refractivity (Wildman–Crippen MR) is 135 cm³/mol. The lowest BCUT2D eigenvalue weighted by molar-refractivity contribution is 0.281. The highest BCUT2D eigenvalue weighted by atomic mass is 32.2. The highest BCUT2D eigenvalue weighted by Gasteiger charge is 2.28. The molecule has 1 aliphatic rings. The number of nitrogens with one attached hydrogen (secondary N) is 1. The largest absolute Gasteiger partial charge is 0.497 e. The van der Waals surface area contributed by atoms with Gasteiger partial charge in [-0.2, -0.15) is 9.41 Å². The molecule has 0 radical (unpaired) electrons. The minimum absolute atomic E-state index is 0.297. The Hall–Kier alpha value is -2.95. The number of aromatic nitrogens is 1. The van der Waals surface area contributed by atoms with Crippen LogP contribution in [0.25, 0.3) is 11.3 Å². The van der Waals surface area contributed by atoms with E-state index in [2.05, 4.69) is 22.4 Å². The molecule has 2 aromatic carbocycles. The molecule has 0 aliphatic carbocycles. The van der Waals surface area contributed by atoms with Crippen molar-refractivity contribution >= 4 is 32.7 Å². The molecule has 1 unspecified atom stereocenters. The molecule has 2 heterocycles. The van der Waals surface area contributed by atoms with Crippen LogP contribution in [-0.2, 0) is 10.0 Å². The summed E-state index contributed by atoms with van der Waals surface area (Å²) in [6.07, 6.45) is 3.60. The molecular formula is C24H28N4O4S2. The Morgan fingerprint density at radius 2 is 2.06 bits per heavy atom. The molecule has 1 atom stereocenters. The monoisotopic (exact) mass is 500 g/mol. The first-order valence-electron chi connectivity index (χ1n) is 11.0. The zero-order valence-electron chi connectivity index (χ0n) is 19.4. The first-order chi connectivity index (χ1) is 16.4. The van der Waals surface area contributed by atoms with Crippen molar-refractivity contribution in [2.75, 3.05) is 32.7 Å². The Morgan fingerprint density at radius 3 is 2.82 bits per heavy atom. The lowest BCUT2D eigenvalue weighted by Gasteiger charge is -2.30. The van der Waals surface area contributed by atoms with Crippen molar-refractivity contribution in [3.8, 4) is 22.8 Å². The maximum atomic E-state index is 13.1. The van der Waals surface area contributed by atoms with E-state index in [0.717, 1.165) is 24.0 Å². The van der Waals surface area contributed by atoms with Gasteiger partial charge in [-0.1, -0.05) is 19.1 Å². The minimum Gasteiger partial charge on any atom is -0.497 e. The summed E-state index contributed by atoms with van der Waals surface area (Å²) in [7, 11) is -0.335. The van der Waals surface area contributed by atoms with E-state index in [1.165, 1.54) is 11.3 Å². The Morgan fingerprint density at radius 1 is 1.21 bits per heavy atom. The lowest BCUT2D eigenvalue weighted by Crippen LogP contribution is -2.39. The summed E-state index contributed by atoms with van der Waals surface area (Å²) in [6, 6.07) is 12.4. The number of piperidine rings is 1. The van der Waals surface area contributed by atoms with Gasteiger partial charge >= 0.3 is 0 Å². The standard InChI is InChI=1S/C24H28N4O4S2/c1-17-6-5-11-28(15-17)34(29,30)21-8-4-7-18(12-21)22-16-33-24(26-22)27-25-14-19-9-10-20(31-2)13-23(19)32-3/h4,7-10,12-14,16-17H,5-6,11,15H2,1-3H3,(H,26,27). The quantitative estimate of drug-likeness (QED) is 0.356. The topological polar surface area (TPSA) is 93.1 Å². The van der Waals surface area contributed by atoms with Crippen LogP contribution in [0.5, 0.6) is 11.5 Å². The van der Waals surface area contributed by atoms with Gasteiger partial charge in [0, 0.05) is 35.7 Å². The highest BCUT2D eigenvalue weighted by Crippen LogP contribution is 2.29. The molecule has 8 nitrogen and oxygen atoms in total. The van der Waals surface area contributed by atoms with Crippen molar-refractivity contribution in [3.63, 3.8) is 0 Å². The van der Waals surface area contributed by atoms with Gasteiger partial charge in [-0.15, -0.1) is 11.3 Å². The summed E-state index contributed by atoms with van der Waals surface area (Å²) in [6.45, 7) is 3.22. The van der Waals surface area contributed by atoms with E-state index in [0.29, 0.717) is 46.2 Å². The van der Waals surface area contributed by atoms with Gasteiger partial charge in [0.25, 0.3) is 0 Å². The Balaban J connectivity index is 1.48. The normalized spacial score (nSPS) is 17.1. The second kappa shape index (κ2) is 10.5. The molecule has 1 saturated heterocycles. The third kappa shape index (κ3) is 5.40. The van der Waals surface area contributed by atoms with Crippen LogP contribution < -0.4 is 14.9 Å². The highest BCUT2D eigenvalue weighted by molar-refractivity contribution is 7.89. The molecule has 10 heteroatoms. The Bertz CT molecular complexity index is 1270. The van der Waals surface area contributed by atoms with E-state index >= 15 is 0 Å². The number of hydrazone groups is 1. The number of hydrogen-bond acceptors (Lipinski definition) is 8.